The van der Waals surface area contributed by atoms with Gasteiger partial charge in [0.2, 0.25) is 0 Å². The Morgan fingerprint density at radius 3 is 2.53 bits per heavy atom. The van der Waals surface area contributed by atoms with Crippen LogP contribution < -0.4 is 4.74 Å². The predicted molar refractivity (Wildman–Crippen MR) is 124 cm³/mol. The zero-order chi connectivity index (χ0) is 23.4. The second-order valence-electron chi connectivity index (χ2n) is 8.95. The van der Waals surface area contributed by atoms with E-state index < -0.39 is 5.60 Å². The van der Waals surface area contributed by atoms with Crippen LogP contribution in [0.15, 0.2) is 60.9 Å². The van der Waals surface area contributed by atoms with E-state index in [4.69, 9.17) is 4.74 Å². The first-order valence-electron chi connectivity index (χ1n) is 11.4. The van der Waals surface area contributed by atoms with Crippen molar-refractivity contribution >= 4 is 5.91 Å². The van der Waals surface area contributed by atoms with Crippen LogP contribution in [0.3, 0.4) is 0 Å². The molecule has 0 unspecified atom stereocenters. The molecule has 2 aromatic carbocycles. The molecule has 2 aliphatic rings. The molecule has 0 bridgehead atoms. The van der Waals surface area contributed by atoms with E-state index in [1.165, 1.54) is 12.1 Å². The van der Waals surface area contributed by atoms with Crippen LogP contribution in [0, 0.1) is 12.7 Å². The molecule has 6 rings (SSSR count). The van der Waals surface area contributed by atoms with E-state index in [1.54, 1.807) is 23.0 Å². The summed E-state index contributed by atoms with van der Waals surface area (Å²) in [6.07, 6.45) is 4.85. The summed E-state index contributed by atoms with van der Waals surface area (Å²) in [6, 6.07) is 14.1. The van der Waals surface area contributed by atoms with Crippen molar-refractivity contribution in [3.05, 3.63) is 83.6 Å². The van der Waals surface area contributed by atoms with Crippen LogP contribution in [0.25, 0.3) is 16.9 Å². The monoisotopic (exact) mass is 457 g/mol. The zero-order valence-electron chi connectivity index (χ0n) is 19.0. The molecule has 1 saturated heterocycles. The summed E-state index contributed by atoms with van der Waals surface area (Å²) in [4.78, 5) is 15.3. The van der Waals surface area contributed by atoms with Gasteiger partial charge in [0.25, 0.3) is 5.91 Å². The molecule has 4 heterocycles. The van der Waals surface area contributed by atoms with Gasteiger partial charge in [-0.15, -0.1) is 0 Å². The molecule has 0 N–H and O–H groups in total. The van der Waals surface area contributed by atoms with Crippen molar-refractivity contribution in [2.75, 3.05) is 13.1 Å². The molecule has 2 aromatic heterocycles. The molecule has 2 aliphatic heterocycles. The number of amides is 1. The molecular formula is C26H24FN5O2. The highest BCUT2D eigenvalue weighted by Gasteiger charge is 2.46. The van der Waals surface area contributed by atoms with Crippen molar-refractivity contribution in [3.8, 4) is 22.7 Å². The SMILES string of the molecule is Cc1c(C(=O)N2CCC3(CC2)Oc2ccccc2-c2c3cnn2C)cnn1-c1ccc(F)cc1. The summed E-state index contributed by atoms with van der Waals surface area (Å²) in [5, 5.41) is 8.90. The van der Waals surface area contributed by atoms with Crippen molar-refractivity contribution < 1.29 is 13.9 Å². The van der Waals surface area contributed by atoms with Crippen LogP contribution in [0.5, 0.6) is 5.75 Å². The number of benzene rings is 2. The minimum Gasteiger partial charge on any atom is -0.482 e. The Labute approximate surface area is 196 Å². The lowest BCUT2D eigenvalue weighted by molar-refractivity contribution is -0.00174. The average molecular weight is 458 g/mol. The largest absolute Gasteiger partial charge is 0.482 e. The number of fused-ring (bicyclic) bond motifs is 4. The number of para-hydroxylation sites is 1. The fraction of sp³-hybridized carbons (Fsp3) is 0.269. The number of carbonyl (C=O) groups excluding carboxylic acids is 1. The smallest absolute Gasteiger partial charge is 0.257 e. The second-order valence-corrected chi connectivity index (χ2v) is 8.95. The maximum absolute atomic E-state index is 13.4. The van der Waals surface area contributed by atoms with Crippen molar-refractivity contribution in [1.29, 1.82) is 0 Å². The lowest BCUT2D eigenvalue weighted by atomic mass is 9.81. The summed E-state index contributed by atoms with van der Waals surface area (Å²) in [6.45, 7) is 2.99. The molecule has 0 saturated carbocycles. The van der Waals surface area contributed by atoms with Gasteiger partial charge in [0.05, 0.1) is 35.0 Å². The minimum absolute atomic E-state index is 0.0525. The fourth-order valence-corrected chi connectivity index (χ4v) is 5.18. The third kappa shape index (κ3) is 3.05. The molecule has 8 heteroatoms. The third-order valence-corrected chi connectivity index (χ3v) is 7.05. The van der Waals surface area contributed by atoms with Gasteiger partial charge >= 0.3 is 0 Å². The summed E-state index contributed by atoms with van der Waals surface area (Å²) in [7, 11) is 1.95. The maximum atomic E-state index is 13.4. The number of likely N-dealkylation sites (tertiary alicyclic amines) is 1. The van der Waals surface area contributed by atoms with E-state index in [9.17, 15) is 9.18 Å². The Kier molecular flexibility index (Phi) is 4.58. The normalized spacial score (nSPS) is 16.1. The highest BCUT2D eigenvalue weighted by molar-refractivity contribution is 5.95. The number of aryl methyl sites for hydroxylation is 1. The van der Waals surface area contributed by atoms with E-state index in [0.717, 1.165) is 28.3 Å². The Hall–Kier alpha value is -3.94. The lowest BCUT2D eigenvalue weighted by Crippen LogP contribution is -2.49. The predicted octanol–water partition coefficient (Wildman–Crippen LogP) is 4.24. The Balaban J connectivity index is 1.25. The van der Waals surface area contributed by atoms with Crippen LogP contribution >= 0.6 is 0 Å². The van der Waals surface area contributed by atoms with Gasteiger partial charge in [0, 0.05) is 44.1 Å². The summed E-state index contributed by atoms with van der Waals surface area (Å²) in [5.41, 5.74) is 4.72. The highest BCUT2D eigenvalue weighted by atomic mass is 19.1. The van der Waals surface area contributed by atoms with Gasteiger partial charge in [0.1, 0.15) is 17.2 Å². The number of carbonyl (C=O) groups is 1. The maximum Gasteiger partial charge on any atom is 0.257 e. The first kappa shape index (κ1) is 20.7. The molecule has 34 heavy (non-hydrogen) atoms. The van der Waals surface area contributed by atoms with Gasteiger partial charge in [-0.1, -0.05) is 12.1 Å². The Morgan fingerprint density at radius 1 is 1.03 bits per heavy atom. The molecule has 1 amide bonds. The molecule has 1 fully saturated rings. The molecule has 7 nitrogen and oxygen atoms in total. The third-order valence-electron chi connectivity index (χ3n) is 7.05. The lowest BCUT2D eigenvalue weighted by Gasteiger charge is -2.44. The summed E-state index contributed by atoms with van der Waals surface area (Å²) < 4.78 is 23.5. The van der Waals surface area contributed by atoms with Crippen molar-refractivity contribution in [1.82, 2.24) is 24.5 Å². The molecule has 172 valence electrons. The number of aromatic nitrogens is 4. The van der Waals surface area contributed by atoms with Crippen LogP contribution in [0.4, 0.5) is 4.39 Å². The number of nitrogens with zero attached hydrogens (tertiary/aromatic N) is 5. The summed E-state index contributed by atoms with van der Waals surface area (Å²) >= 11 is 0. The molecule has 0 aliphatic carbocycles. The zero-order valence-corrected chi connectivity index (χ0v) is 19.0. The van der Waals surface area contributed by atoms with Crippen molar-refractivity contribution in [2.24, 2.45) is 7.05 Å². The quantitative estimate of drug-likeness (QED) is 0.452. The number of rotatable bonds is 2. The Bertz CT molecular complexity index is 1400. The second kappa shape index (κ2) is 7.55. The standard InChI is InChI=1S/C26H24FN5O2/c1-17-21(15-29-32(17)19-9-7-18(27)8-10-19)25(33)31-13-11-26(12-14-31)22-16-28-30(2)24(22)20-5-3-4-6-23(20)34-26/h3-10,15-16H,11-14H2,1-2H3. The number of halogens is 1. The first-order valence-corrected chi connectivity index (χ1v) is 11.4. The number of hydrogen-bond donors (Lipinski definition) is 0. The van der Waals surface area contributed by atoms with Crippen LogP contribution in [-0.2, 0) is 12.6 Å². The number of ether oxygens (including phenoxy) is 1. The minimum atomic E-state index is -0.498. The van der Waals surface area contributed by atoms with Gasteiger partial charge in [-0.3, -0.25) is 9.48 Å². The molecule has 0 radical (unpaired) electrons. The number of piperidine rings is 1. The van der Waals surface area contributed by atoms with Gasteiger partial charge < -0.3 is 9.64 Å². The Morgan fingerprint density at radius 2 is 1.76 bits per heavy atom. The average Bonchev–Trinajstić information content (AvgIpc) is 3.43. The van der Waals surface area contributed by atoms with Crippen molar-refractivity contribution in [2.45, 2.75) is 25.4 Å². The van der Waals surface area contributed by atoms with Gasteiger partial charge in [-0.05, 0) is 43.3 Å². The molecule has 4 aromatic rings. The van der Waals surface area contributed by atoms with E-state index >= 15 is 0 Å². The van der Waals surface area contributed by atoms with E-state index in [1.807, 2.05) is 47.9 Å². The van der Waals surface area contributed by atoms with E-state index in [0.29, 0.717) is 37.2 Å². The van der Waals surface area contributed by atoms with Gasteiger partial charge in [0.15, 0.2) is 0 Å². The molecular weight excluding hydrogens is 433 g/mol. The van der Waals surface area contributed by atoms with Gasteiger partial charge in [-0.2, -0.15) is 10.2 Å². The summed E-state index contributed by atoms with van der Waals surface area (Å²) in [5.74, 6) is 0.495. The molecule has 0 atom stereocenters. The highest BCUT2D eigenvalue weighted by Crippen LogP contribution is 2.49. The van der Waals surface area contributed by atoms with Crippen molar-refractivity contribution in [3.63, 3.8) is 0 Å². The molecule has 1 spiro atoms. The number of hydrogen-bond acceptors (Lipinski definition) is 4. The van der Waals surface area contributed by atoms with E-state index in [2.05, 4.69) is 16.3 Å². The van der Waals surface area contributed by atoms with Gasteiger partial charge in [-0.25, -0.2) is 9.07 Å². The van der Waals surface area contributed by atoms with Crippen LogP contribution in [0.2, 0.25) is 0 Å². The topological polar surface area (TPSA) is 65.2 Å². The fourth-order valence-electron chi connectivity index (χ4n) is 5.18. The van der Waals surface area contributed by atoms with Crippen LogP contribution in [0.1, 0.15) is 34.5 Å². The van der Waals surface area contributed by atoms with E-state index in [-0.39, 0.29) is 11.7 Å². The van der Waals surface area contributed by atoms with Crippen LogP contribution in [-0.4, -0.2) is 43.5 Å². The first-order chi connectivity index (χ1) is 16.5.